The maximum atomic E-state index is 13.0. The van der Waals surface area contributed by atoms with Gasteiger partial charge in [0.25, 0.3) is 0 Å². The minimum absolute atomic E-state index is 0.0966. The van der Waals surface area contributed by atoms with Crippen molar-refractivity contribution in [3.8, 4) is 0 Å². The van der Waals surface area contributed by atoms with Crippen molar-refractivity contribution in [2.24, 2.45) is 0 Å². The van der Waals surface area contributed by atoms with Crippen LogP contribution in [0.1, 0.15) is 22.6 Å². The van der Waals surface area contributed by atoms with Crippen LogP contribution >= 0.6 is 11.8 Å². The van der Waals surface area contributed by atoms with E-state index in [9.17, 15) is 13.6 Å². The molecule has 1 N–H and O–H groups in total. The average molecular weight is 326 g/mol. The molecule has 22 heavy (non-hydrogen) atoms. The summed E-state index contributed by atoms with van der Waals surface area (Å²) in [7, 11) is 0. The summed E-state index contributed by atoms with van der Waals surface area (Å²) in [6.45, 7) is 3.78. The highest BCUT2D eigenvalue weighted by Gasteiger charge is 2.10. The number of amides is 1. The Bertz CT molecular complexity index is 634. The lowest BCUT2D eigenvalue weighted by Gasteiger charge is -2.06. The summed E-state index contributed by atoms with van der Waals surface area (Å²) in [5.41, 5.74) is 2.20. The van der Waals surface area contributed by atoms with Gasteiger partial charge in [0.15, 0.2) is 0 Å². The minimum Gasteiger partial charge on any atom is -0.361 e. The van der Waals surface area contributed by atoms with Gasteiger partial charge in [-0.25, -0.2) is 8.78 Å². The van der Waals surface area contributed by atoms with E-state index in [-0.39, 0.29) is 18.2 Å². The Labute approximate surface area is 131 Å². The summed E-state index contributed by atoms with van der Waals surface area (Å²) in [6, 6.07) is 3.19. The maximum Gasteiger partial charge on any atom is 0.230 e. The zero-order valence-corrected chi connectivity index (χ0v) is 13.1. The molecule has 0 radical (unpaired) electrons. The van der Waals surface area contributed by atoms with Crippen LogP contribution in [0, 0.1) is 25.5 Å². The largest absolute Gasteiger partial charge is 0.361 e. The van der Waals surface area contributed by atoms with E-state index in [1.165, 1.54) is 23.9 Å². The van der Waals surface area contributed by atoms with Crippen molar-refractivity contribution in [2.45, 2.75) is 26.1 Å². The molecule has 1 amide bonds. The van der Waals surface area contributed by atoms with E-state index < -0.39 is 11.6 Å². The van der Waals surface area contributed by atoms with Crippen LogP contribution in [0.5, 0.6) is 0 Å². The molecule has 0 fully saturated rings. The van der Waals surface area contributed by atoms with Gasteiger partial charge in [0.1, 0.15) is 17.4 Å². The molecule has 2 aromatic rings. The van der Waals surface area contributed by atoms with Gasteiger partial charge in [-0.2, -0.15) is 0 Å². The van der Waals surface area contributed by atoms with Crippen molar-refractivity contribution in [2.75, 3.05) is 5.75 Å². The number of aryl methyl sites for hydroxylation is 2. The summed E-state index contributed by atoms with van der Waals surface area (Å²) in [4.78, 5) is 11.7. The first-order chi connectivity index (χ1) is 10.5. The molecule has 0 aliphatic rings. The van der Waals surface area contributed by atoms with Gasteiger partial charge in [-0.05, 0) is 31.5 Å². The second-order valence-corrected chi connectivity index (χ2v) is 5.84. The molecule has 0 unspecified atom stereocenters. The lowest BCUT2D eigenvalue weighted by atomic mass is 10.2. The zero-order valence-electron chi connectivity index (χ0n) is 12.3. The van der Waals surface area contributed by atoms with Crippen molar-refractivity contribution in [1.82, 2.24) is 10.5 Å². The van der Waals surface area contributed by atoms with Crippen LogP contribution in [0.3, 0.4) is 0 Å². The van der Waals surface area contributed by atoms with E-state index >= 15 is 0 Å². The van der Waals surface area contributed by atoms with Crippen molar-refractivity contribution >= 4 is 17.7 Å². The Hall–Kier alpha value is -1.89. The SMILES string of the molecule is Cc1noc(C)c1CSCC(=O)NCc1cc(F)cc(F)c1. The predicted molar refractivity (Wildman–Crippen MR) is 80.3 cm³/mol. The highest BCUT2D eigenvalue weighted by atomic mass is 32.2. The molecule has 0 saturated carbocycles. The summed E-state index contributed by atoms with van der Waals surface area (Å²) in [5.74, 6) is 0.126. The Kier molecular flexibility index (Phi) is 5.54. The minimum atomic E-state index is -0.656. The van der Waals surface area contributed by atoms with E-state index in [0.717, 1.165) is 23.1 Å². The lowest BCUT2D eigenvalue weighted by molar-refractivity contribution is -0.118. The molecule has 118 valence electrons. The predicted octanol–water partition coefficient (Wildman–Crippen LogP) is 3.12. The summed E-state index contributed by atoms with van der Waals surface area (Å²) >= 11 is 1.43. The second-order valence-electron chi connectivity index (χ2n) is 4.85. The molecule has 0 atom stereocenters. The Morgan fingerprint density at radius 2 is 1.95 bits per heavy atom. The molecule has 0 aliphatic heterocycles. The maximum absolute atomic E-state index is 13.0. The first-order valence-electron chi connectivity index (χ1n) is 6.67. The number of benzene rings is 1. The Morgan fingerprint density at radius 3 is 2.55 bits per heavy atom. The van der Waals surface area contributed by atoms with Gasteiger partial charge < -0.3 is 9.84 Å². The molecular formula is C15H16F2N2O2S. The quantitative estimate of drug-likeness (QED) is 0.886. The fourth-order valence-electron chi connectivity index (χ4n) is 1.92. The topological polar surface area (TPSA) is 55.1 Å². The van der Waals surface area contributed by atoms with Crippen molar-refractivity contribution < 1.29 is 18.1 Å². The Balaban J connectivity index is 1.76. The first-order valence-corrected chi connectivity index (χ1v) is 7.82. The number of nitrogens with one attached hydrogen (secondary N) is 1. The van der Waals surface area contributed by atoms with Crippen molar-refractivity contribution in [1.29, 1.82) is 0 Å². The molecule has 4 nitrogen and oxygen atoms in total. The van der Waals surface area contributed by atoms with Crippen LogP contribution in [-0.2, 0) is 17.1 Å². The van der Waals surface area contributed by atoms with Crippen LogP contribution in [0.4, 0.5) is 8.78 Å². The molecule has 2 rings (SSSR count). The van der Waals surface area contributed by atoms with E-state index in [1.54, 1.807) is 0 Å². The summed E-state index contributed by atoms with van der Waals surface area (Å²) < 4.78 is 31.1. The average Bonchev–Trinajstić information content (AvgIpc) is 2.76. The molecule has 1 heterocycles. The number of halogens is 2. The third-order valence-electron chi connectivity index (χ3n) is 3.07. The van der Waals surface area contributed by atoms with Gasteiger partial charge in [0, 0.05) is 23.9 Å². The number of carbonyl (C=O) groups is 1. The van der Waals surface area contributed by atoms with Crippen LogP contribution in [0.2, 0.25) is 0 Å². The van der Waals surface area contributed by atoms with Gasteiger partial charge >= 0.3 is 0 Å². The molecule has 0 aliphatic carbocycles. The molecule has 7 heteroatoms. The smallest absolute Gasteiger partial charge is 0.230 e. The second kappa shape index (κ2) is 7.40. The lowest BCUT2D eigenvalue weighted by Crippen LogP contribution is -2.24. The fraction of sp³-hybridized carbons (Fsp3) is 0.333. The number of carbonyl (C=O) groups excluding carboxylic acids is 1. The number of hydrogen-bond acceptors (Lipinski definition) is 4. The summed E-state index contributed by atoms with van der Waals surface area (Å²) in [6.07, 6.45) is 0. The standard InChI is InChI=1S/C15H16F2N2O2S/c1-9-14(10(2)21-19-9)7-22-8-15(20)18-6-11-3-12(16)5-13(17)4-11/h3-5H,6-8H2,1-2H3,(H,18,20). The van der Waals surface area contributed by atoms with E-state index in [4.69, 9.17) is 4.52 Å². The first kappa shape index (κ1) is 16.5. The molecule has 0 bridgehead atoms. The monoisotopic (exact) mass is 326 g/mol. The van der Waals surface area contributed by atoms with Crippen LogP contribution in [0.15, 0.2) is 22.7 Å². The molecule has 0 saturated heterocycles. The summed E-state index contributed by atoms with van der Waals surface area (Å²) in [5, 5.41) is 6.48. The van der Waals surface area contributed by atoms with Gasteiger partial charge in [-0.3, -0.25) is 4.79 Å². The number of nitrogens with zero attached hydrogens (tertiary/aromatic N) is 1. The number of rotatable bonds is 6. The van der Waals surface area contributed by atoms with Crippen LogP contribution < -0.4 is 5.32 Å². The third kappa shape index (κ3) is 4.56. The van der Waals surface area contributed by atoms with Crippen LogP contribution in [-0.4, -0.2) is 16.8 Å². The van der Waals surface area contributed by atoms with E-state index in [0.29, 0.717) is 11.3 Å². The van der Waals surface area contributed by atoms with Gasteiger partial charge in [0.2, 0.25) is 5.91 Å². The molecular weight excluding hydrogens is 310 g/mol. The molecule has 1 aromatic carbocycles. The Morgan fingerprint density at radius 1 is 1.27 bits per heavy atom. The normalized spacial score (nSPS) is 10.7. The van der Waals surface area contributed by atoms with Crippen molar-refractivity contribution in [3.05, 3.63) is 52.4 Å². The number of aromatic nitrogens is 1. The van der Waals surface area contributed by atoms with Gasteiger partial charge in [-0.1, -0.05) is 5.16 Å². The highest BCUT2D eigenvalue weighted by Crippen LogP contribution is 2.19. The molecule has 0 spiro atoms. The van der Waals surface area contributed by atoms with Gasteiger partial charge in [-0.15, -0.1) is 11.8 Å². The third-order valence-corrected chi connectivity index (χ3v) is 4.03. The van der Waals surface area contributed by atoms with E-state index in [1.807, 2.05) is 13.8 Å². The van der Waals surface area contributed by atoms with Gasteiger partial charge in [0.05, 0.1) is 11.4 Å². The van der Waals surface area contributed by atoms with Crippen molar-refractivity contribution in [3.63, 3.8) is 0 Å². The van der Waals surface area contributed by atoms with Crippen LogP contribution in [0.25, 0.3) is 0 Å². The fourth-order valence-corrected chi connectivity index (χ4v) is 2.92. The molecule has 1 aromatic heterocycles. The zero-order chi connectivity index (χ0) is 16.1. The van der Waals surface area contributed by atoms with E-state index in [2.05, 4.69) is 10.5 Å². The number of thioether (sulfide) groups is 1. The number of hydrogen-bond donors (Lipinski definition) is 1. The highest BCUT2D eigenvalue weighted by molar-refractivity contribution is 7.99.